The van der Waals surface area contributed by atoms with Crippen molar-refractivity contribution in [2.24, 2.45) is 17.3 Å². The van der Waals surface area contributed by atoms with E-state index < -0.39 is 5.41 Å². The predicted octanol–water partition coefficient (Wildman–Crippen LogP) is 5.13. The fourth-order valence-electron chi connectivity index (χ4n) is 5.89. The Morgan fingerprint density at radius 1 is 1.10 bits per heavy atom. The normalized spacial score (nSPS) is 22.1. The summed E-state index contributed by atoms with van der Waals surface area (Å²) in [4.78, 5) is 47.2. The fourth-order valence-corrected chi connectivity index (χ4v) is 6.75. The largest absolute Gasteiger partial charge is 0.340 e. The van der Waals surface area contributed by atoms with Crippen molar-refractivity contribution in [2.45, 2.75) is 66.3 Å². The number of benzene rings is 1. The first-order valence-corrected chi connectivity index (χ1v) is 15.0. The molecule has 2 aliphatic rings. The van der Waals surface area contributed by atoms with Crippen molar-refractivity contribution >= 4 is 34.2 Å². The molecule has 3 amide bonds. The third kappa shape index (κ3) is 7.87. The molecule has 2 N–H and O–H groups in total. The fraction of sp³-hybridized carbons (Fsp3) is 0.600. The lowest BCUT2D eigenvalue weighted by molar-refractivity contribution is -0.141. The van der Waals surface area contributed by atoms with Crippen LogP contribution in [0.2, 0.25) is 0 Å². The number of thiazole rings is 1. The molecule has 2 aliphatic heterocycles. The van der Waals surface area contributed by atoms with Gasteiger partial charge in [0.1, 0.15) is 5.82 Å². The number of carbonyl (C=O) groups is 3. The van der Waals surface area contributed by atoms with Crippen LogP contribution in [-0.4, -0.2) is 71.3 Å². The zero-order valence-electron chi connectivity index (χ0n) is 24.3. The maximum atomic E-state index is 13.3. The Kier molecular flexibility index (Phi) is 9.61. The molecule has 0 spiro atoms. The minimum atomic E-state index is -0.498. The van der Waals surface area contributed by atoms with Gasteiger partial charge >= 0.3 is 6.03 Å². The molecule has 2 fully saturated rings. The van der Waals surface area contributed by atoms with Crippen LogP contribution < -0.4 is 10.6 Å². The summed E-state index contributed by atoms with van der Waals surface area (Å²) in [7, 11) is 0. The number of nitrogens with zero attached hydrogens (tertiary/aromatic N) is 3. The van der Waals surface area contributed by atoms with Gasteiger partial charge in [0.15, 0.2) is 10.9 Å². The molecular weight excluding hydrogens is 529 g/mol. The molecule has 4 rings (SSSR count). The van der Waals surface area contributed by atoms with E-state index in [0.717, 1.165) is 50.9 Å². The highest BCUT2D eigenvalue weighted by atomic mass is 32.1. The Balaban J connectivity index is 1.42. The Morgan fingerprint density at radius 2 is 1.82 bits per heavy atom. The lowest BCUT2D eigenvalue weighted by atomic mass is 9.86. The number of piperidine rings is 2. The molecule has 2 aromatic rings. The van der Waals surface area contributed by atoms with Crippen LogP contribution in [0.4, 0.5) is 14.3 Å². The number of urea groups is 1. The molecule has 1 aromatic heterocycles. The van der Waals surface area contributed by atoms with Crippen LogP contribution >= 0.6 is 11.3 Å². The SMILES string of the molecule is CC(=O)c1sc(NC(=O)N[C@H]2CN(C(=O)C(C)(C)C)CC[C@H]2CN2CCCC(Cc3ccc(F)cc3)C2)nc1C. The van der Waals surface area contributed by atoms with Crippen LogP contribution in [0.5, 0.6) is 0 Å². The summed E-state index contributed by atoms with van der Waals surface area (Å²) in [5, 5.41) is 6.32. The van der Waals surface area contributed by atoms with Crippen LogP contribution in [0, 0.1) is 30.0 Å². The molecule has 8 nitrogen and oxygen atoms in total. The molecule has 0 bridgehead atoms. The molecule has 3 atom stereocenters. The molecule has 10 heteroatoms. The molecule has 0 radical (unpaired) electrons. The molecule has 218 valence electrons. The van der Waals surface area contributed by atoms with E-state index in [1.807, 2.05) is 37.8 Å². The molecule has 1 unspecified atom stereocenters. The first-order chi connectivity index (χ1) is 18.9. The third-order valence-corrected chi connectivity index (χ3v) is 9.05. The average Bonchev–Trinajstić information content (AvgIpc) is 3.25. The highest BCUT2D eigenvalue weighted by molar-refractivity contribution is 7.17. The van der Waals surface area contributed by atoms with E-state index in [-0.39, 0.29) is 35.5 Å². The number of aromatic nitrogens is 1. The molecule has 40 heavy (non-hydrogen) atoms. The van der Waals surface area contributed by atoms with Gasteiger partial charge in [0.05, 0.1) is 16.6 Å². The number of amides is 3. The number of hydrogen-bond acceptors (Lipinski definition) is 6. The number of aryl methyl sites for hydroxylation is 1. The predicted molar refractivity (Wildman–Crippen MR) is 156 cm³/mol. The number of ketones is 1. The smallest absolute Gasteiger partial charge is 0.321 e. The van der Waals surface area contributed by atoms with Gasteiger partial charge in [-0.3, -0.25) is 14.9 Å². The van der Waals surface area contributed by atoms with E-state index in [9.17, 15) is 18.8 Å². The number of nitrogens with one attached hydrogen (secondary N) is 2. The minimum absolute atomic E-state index is 0.0774. The molecule has 3 heterocycles. The van der Waals surface area contributed by atoms with Crippen LogP contribution in [-0.2, 0) is 11.2 Å². The standard InChI is InChI=1S/C30H42FN5O3S/c1-19-26(20(2)37)40-29(32-19)34-28(39)33-25-18-36(27(38)30(3,4)5)14-12-23(25)17-35-13-6-7-22(16-35)15-21-8-10-24(31)11-9-21/h8-11,22-23,25H,6-7,12-18H2,1-5H3,(H2,32,33,34,39)/t22?,23-,25-/m0/s1. The summed E-state index contributed by atoms with van der Waals surface area (Å²) in [5.74, 6) is 0.478. The van der Waals surface area contributed by atoms with Crippen molar-refractivity contribution in [3.8, 4) is 0 Å². The lowest BCUT2D eigenvalue weighted by Crippen LogP contribution is -2.58. The van der Waals surface area contributed by atoms with Crippen LogP contribution in [0.15, 0.2) is 24.3 Å². The van der Waals surface area contributed by atoms with Crippen molar-refractivity contribution in [3.63, 3.8) is 0 Å². The molecule has 0 aliphatic carbocycles. The van der Waals surface area contributed by atoms with Crippen molar-refractivity contribution in [1.82, 2.24) is 20.1 Å². The van der Waals surface area contributed by atoms with Gasteiger partial charge in [-0.15, -0.1) is 0 Å². The Labute approximate surface area is 240 Å². The molecule has 1 aromatic carbocycles. The number of likely N-dealkylation sites (tertiary alicyclic amines) is 2. The van der Waals surface area contributed by atoms with E-state index in [4.69, 9.17) is 0 Å². The number of hydrogen-bond donors (Lipinski definition) is 2. The van der Waals surface area contributed by atoms with E-state index in [0.29, 0.717) is 34.7 Å². The molecular formula is C30H42FN5O3S. The topological polar surface area (TPSA) is 94.6 Å². The van der Waals surface area contributed by atoms with Gasteiger partial charge in [0.25, 0.3) is 0 Å². The zero-order chi connectivity index (χ0) is 29.0. The van der Waals surface area contributed by atoms with Gasteiger partial charge in [-0.2, -0.15) is 0 Å². The van der Waals surface area contributed by atoms with Crippen LogP contribution in [0.1, 0.15) is 67.9 Å². The van der Waals surface area contributed by atoms with Crippen LogP contribution in [0.25, 0.3) is 0 Å². The monoisotopic (exact) mass is 571 g/mol. The summed E-state index contributed by atoms with van der Waals surface area (Å²) in [6.45, 7) is 12.9. The third-order valence-electron chi connectivity index (χ3n) is 7.87. The van der Waals surface area contributed by atoms with Crippen molar-refractivity contribution < 1.29 is 18.8 Å². The number of rotatable bonds is 7. The van der Waals surface area contributed by atoms with E-state index >= 15 is 0 Å². The average molecular weight is 572 g/mol. The van der Waals surface area contributed by atoms with Crippen LogP contribution in [0.3, 0.4) is 0 Å². The van der Waals surface area contributed by atoms with E-state index in [1.54, 1.807) is 6.92 Å². The number of halogens is 1. The second-order valence-electron chi connectivity index (χ2n) is 12.3. The molecule has 2 saturated heterocycles. The first kappa shape index (κ1) is 30.1. The number of anilines is 1. The maximum Gasteiger partial charge on any atom is 0.321 e. The van der Waals surface area contributed by atoms with Gasteiger partial charge in [-0.1, -0.05) is 44.2 Å². The van der Waals surface area contributed by atoms with Crippen molar-refractivity contribution in [1.29, 1.82) is 0 Å². The van der Waals surface area contributed by atoms with Crippen molar-refractivity contribution in [2.75, 3.05) is 38.0 Å². The second-order valence-corrected chi connectivity index (χ2v) is 13.3. The highest BCUT2D eigenvalue weighted by Gasteiger charge is 2.37. The second kappa shape index (κ2) is 12.8. The van der Waals surface area contributed by atoms with Gasteiger partial charge in [-0.25, -0.2) is 14.2 Å². The summed E-state index contributed by atoms with van der Waals surface area (Å²) in [5.41, 5.74) is 1.26. The van der Waals surface area contributed by atoms with Crippen molar-refractivity contribution in [3.05, 3.63) is 46.2 Å². The Hall–Kier alpha value is -2.85. The Morgan fingerprint density at radius 3 is 2.48 bits per heavy atom. The lowest BCUT2D eigenvalue weighted by Gasteiger charge is -2.43. The Bertz CT molecular complexity index is 1210. The van der Waals surface area contributed by atoms with Gasteiger partial charge in [-0.05, 0) is 68.7 Å². The summed E-state index contributed by atoms with van der Waals surface area (Å²) >= 11 is 1.17. The van der Waals surface area contributed by atoms with E-state index in [2.05, 4.69) is 20.5 Å². The maximum absolute atomic E-state index is 13.3. The number of carbonyl (C=O) groups excluding carboxylic acids is 3. The minimum Gasteiger partial charge on any atom is -0.340 e. The zero-order valence-corrected chi connectivity index (χ0v) is 25.1. The summed E-state index contributed by atoms with van der Waals surface area (Å²) < 4.78 is 13.3. The van der Waals surface area contributed by atoms with Gasteiger partial charge in [0.2, 0.25) is 5.91 Å². The molecule has 0 saturated carbocycles. The first-order valence-electron chi connectivity index (χ1n) is 14.2. The van der Waals surface area contributed by atoms with Gasteiger partial charge < -0.3 is 15.1 Å². The van der Waals surface area contributed by atoms with Gasteiger partial charge in [0, 0.05) is 38.5 Å². The summed E-state index contributed by atoms with van der Waals surface area (Å²) in [6, 6.07) is 6.20. The highest BCUT2D eigenvalue weighted by Crippen LogP contribution is 2.28. The van der Waals surface area contributed by atoms with E-state index in [1.165, 1.54) is 30.4 Å². The number of Topliss-reactive ketones (excluding diaryl/α,β-unsaturated/α-hetero) is 1. The quantitative estimate of drug-likeness (QED) is 0.449. The summed E-state index contributed by atoms with van der Waals surface area (Å²) in [6.07, 6.45) is 3.98.